The van der Waals surface area contributed by atoms with Crippen molar-refractivity contribution in [2.24, 2.45) is 0 Å². The second-order valence-electron chi connectivity index (χ2n) is 8.09. The molecule has 5 aromatic rings. The molecule has 5 rings (SSSR count). The van der Waals surface area contributed by atoms with Crippen LogP contribution in [0.4, 0.5) is 11.6 Å². The lowest BCUT2D eigenvalue weighted by molar-refractivity contribution is 0.0933. The minimum absolute atomic E-state index is 0.160. The number of pyridine rings is 1. The number of aromatic nitrogens is 6. The number of benzene rings is 1. The number of carbonyl (C=O) groups is 1. The summed E-state index contributed by atoms with van der Waals surface area (Å²) in [7, 11) is 0. The number of hydrazine groups is 1. The molecule has 36 heavy (non-hydrogen) atoms. The molecule has 0 aliphatic heterocycles. The van der Waals surface area contributed by atoms with Gasteiger partial charge in [-0.3, -0.25) is 19.3 Å². The number of amides is 1. The summed E-state index contributed by atoms with van der Waals surface area (Å²) >= 11 is 6.41. The number of imidazole rings is 1. The molecular weight excluding hydrogens is 478 g/mol. The lowest BCUT2D eigenvalue weighted by Crippen LogP contribution is -2.37. The summed E-state index contributed by atoms with van der Waals surface area (Å²) in [4.78, 5) is 25.5. The molecule has 0 radical (unpaired) electrons. The SMILES string of the molecule is CCCNNC(=O)c1ccc(Cn2cc(Nc3ncc(Cl)c(-c4cnc5ccccn45)n3)cn2)cc1. The zero-order valence-electron chi connectivity index (χ0n) is 19.5. The Morgan fingerprint density at radius 2 is 1.92 bits per heavy atom. The molecule has 4 aromatic heterocycles. The summed E-state index contributed by atoms with van der Waals surface area (Å²) in [5, 5.41) is 8.03. The van der Waals surface area contributed by atoms with Gasteiger partial charge >= 0.3 is 0 Å². The Hall–Kier alpha value is -4.28. The van der Waals surface area contributed by atoms with Crippen LogP contribution >= 0.6 is 11.6 Å². The Morgan fingerprint density at radius 1 is 1.06 bits per heavy atom. The molecule has 4 heterocycles. The van der Waals surface area contributed by atoms with Gasteiger partial charge in [-0.15, -0.1) is 0 Å². The number of halogens is 1. The summed E-state index contributed by atoms with van der Waals surface area (Å²) in [6.07, 6.45) is 9.72. The fourth-order valence-electron chi connectivity index (χ4n) is 3.65. The molecular formula is C25H24ClN9O. The zero-order valence-corrected chi connectivity index (χ0v) is 20.3. The van der Waals surface area contributed by atoms with Crippen molar-refractivity contribution in [2.45, 2.75) is 19.9 Å². The molecule has 10 nitrogen and oxygen atoms in total. The Bertz CT molecular complexity index is 1490. The van der Waals surface area contributed by atoms with E-state index < -0.39 is 0 Å². The zero-order chi connectivity index (χ0) is 24.9. The molecule has 3 N–H and O–H groups in total. The summed E-state index contributed by atoms with van der Waals surface area (Å²) in [6, 6.07) is 13.2. The molecule has 1 amide bonds. The highest BCUT2D eigenvalue weighted by molar-refractivity contribution is 6.32. The average molecular weight is 502 g/mol. The van der Waals surface area contributed by atoms with E-state index in [2.05, 4.69) is 36.2 Å². The van der Waals surface area contributed by atoms with E-state index >= 15 is 0 Å². The van der Waals surface area contributed by atoms with E-state index in [0.717, 1.165) is 35.6 Å². The van der Waals surface area contributed by atoms with Crippen LogP contribution in [0, 0.1) is 0 Å². The number of nitrogens with one attached hydrogen (secondary N) is 3. The maximum absolute atomic E-state index is 12.1. The van der Waals surface area contributed by atoms with E-state index in [1.807, 2.05) is 54.0 Å². The van der Waals surface area contributed by atoms with Gasteiger partial charge in [0.15, 0.2) is 0 Å². The number of hydrogen-bond acceptors (Lipinski definition) is 7. The highest BCUT2D eigenvalue weighted by Crippen LogP contribution is 2.27. The van der Waals surface area contributed by atoms with Crippen LogP contribution in [0.15, 0.2) is 73.4 Å². The molecule has 0 atom stereocenters. The molecule has 0 spiro atoms. The van der Waals surface area contributed by atoms with Crippen molar-refractivity contribution in [2.75, 3.05) is 11.9 Å². The van der Waals surface area contributed by atoms with Crippen LogP contribution in [0.25, 0.3) is 17.0 Å². The third-order valence-corrected chi connectivity index (χ3v) is 5.71. The molecule has 0 fully saturated rings. The fraction of sp³-hybridized carbons (Fsp3) is 0.160. The van der Waals surface area contributed by atoms with E-state index in [9.17, 15) is 4.79 Å². The molecule has 0 bridgehead atoms. The van der Waals surface area contributed by atoms with Crippen LogP contribution in [0.3, 0.4) is 0 Å². The number of carbonyl (C=O) groups excluding carboxylic acids is 1. The third-order valence-electron chi connectivity index (χ3n) is 5.43. The van der Waals surface area contributed by atoms with Crippen LogP contribution in [-0.4, -0.2) is 41.6 Å². The van der Waals surface area contributed by atoms with Crippen molar-refractivity contribution in [1.29, 1.82) is 0 Å². The molecule has 0 unspecified atom stereocenters. The van der Waals surface area contributed by atoms with Crippen LogP contribution in [0.5, 0.6) is 0 Å². The minimum Gasteiger partial charge on any atom is -0.321 e. The summed E-state index contributed by atoms with van der Waals surface area (Å²) < 4.78 is 3.72. The second kappa shape index (κ2) is 10.5. The van der Waals surface area contributed by atoms with Crippen LogP contribution in [0.2, 0.25) is 5.02 Å². The fourth-order valence-corrected chi connectivity index (χ4v) is 3.83. The largest absolute Gasteiger partial charge is 0.321 e. The van der Waals surface area contributed by atoms with E-state index in [1.54, 1.807) is 35.4 Å². The first kappa shape index (κ1) is 23.5. The van der Waals surface area contributed by atoms with Gasteiger partial charge in [0.25, 0.3) is 5.91 Å². The highest BCUT2D eigenvalue weighted by atomic mass is 35.5. The molecule has 0 aliphatic carbocycles. The Kier molecular flexibility index (Phi) is 6.87. The Morgan fingerprint density at radius 3 is 2.75 bits per heavy atom. The summed E-state index contributed by atoms with van der Waals surface area (Å²) in [6.45, 7) is 3.31. The molecule has 182 valence electrons. The topological polar surface area (TPSA) is 114 Å². The molecule has 0 saturated carbocycles. The Labute approximate surface area is 212 Å². The standard InChI is InChI=1S/C25H24ClN9O/c1-2-10-29-33-24(36)18-8-6-17(7-9-18)15-34-16-19(12-30-34)31-25-28-13-20(26)23(32-25)21-14-27-22-5-3-4-11-35(21)22/h3-9,11-14,16,29H,2,10,15H2,1H3,(H,33,36)(H,28,31,32). The highest BCUT2D eigenvalue weighted by Gasteiger charge is 2.13. The first-order valence-corrected chi connectivity index (χ1v) is 11.8. The van der Waals surface area contributed by atoms with Crippen molar-refractivity contribution in [1.82, 2.24) is 40.0 Å². The van der Waals surface area contributed by atoms with Crippen molar-refractivity contribution in [3.05, 3.63) is 89.6 Å². The Balaban J connectivity index is 1.26. The van der Waals surface area contributed by atoms with Crippen LogP contribution < -0.4 is 16.2 Å². The van der Waals surface area contributed by atoms with Gasteiger partial charge in [0.05, 0.1) is 41.5 Å². The van der Waals surface area contributed by atoms with Gasteiger partial charge in [-0.05, 0) is 36.2 Å². The number of fused-ring (bicyclic) bond motifs is 1. The smallest absolute Gasteiger partial charge is 0.265 e. The van der Waals surface area contributed by atoms with Crippen molar-refractivity contribution >= 4 is 34.8 Å². The monoisotopic (exact) mass is 501 g/mol. The normalized spacial score (nSPS) is 11.1. The number of rotatable bonds is 9. The molecule has 0 aliphatic rings. The van der Waals surface area contributed by atoms with E-state index in [4.69, 9.17) is 11.6 Å². The lowest BCUT2D eigenvalue weighted by Gasteiger charge is -2.07. The van der Waals surface area contributed by atoms with Gasteiger partial charge in [0.2, 0.25) is 5.95 Å². The van der Waals surface area contributed by atoms with Gasteiger partial charge in [-0.1, -0.05) is 36.7 Å². The van der Waals surface area contributed by atoms with Crippen molar-refractivity contribution in [3.8, 4) is 11.4 Å². The molecule has 1 aromatic carbocycles. The maximum atomic E-state index is 12.1. The van der Waals surface area contributed by atoms with Gasteiger partial charge in [-0.2, -0.15) is 5.10 Å². The van der Waals surface area contributed by atoms with Crippen LogP contribution in [-0.2, 0) is 6.54 Å². The van der Waals surface area contributed by atoms with E-state index in [1.165, 1.54) is 0 Å². The van der Waals surface area contributed by atoms with Gasteiger partial charge in [-0.25, -0.2) is 20.4 Å². The maximum Gasteiger partial charge on any atom is 0.265 e. The molecule has 0 saturated heterocycles. The predicted molar refractivity (Wildman–Crippen MR) is 138 cm³/mol. The quantitative estimate of drug-likeness (QED) is 0.206. The first-order chi connectivity index (χ1) is 17.6. The van der Waals surface area contributed by atoms with Gasteiger partial charge in [0.1, 0.15) is 11.3 Å². The third kappa shape index (κ3) is 5.19. The summed E-state index contributed by atoms with van der Waals surface area (Å²) in [5.41, 5.74) is 10.1. The second-order valence-corrected chi connectivity index (χ2v) is 8.50. The van der Waals surface area contributed by atoms with Crippen molar-refractivity contribution in [3.63, 3.8) is 0 Å². The van der Waals surface area contributed by atoms with Crippen LogP contribution in [0.1, 0.15) is 29.3 Å². The van der Waals surface area contributed by atoms with Crippen molar-refractivity contribution < 1.29 is 4.79 Å². The number of anilines is 2. The van der Waals surface area contributed by atoms with E-state index in [0.29, 0.717) is 28.8 Å². The minimum atomic E-state index is -0.160. The average Bonchev–Trinajstić information content (AvgIpc) is 3.52. The van der Waals surface area contributed by atoms with Gasteiger partial charge < -0.3 is 5.32 Å². The van der Waals surface area contributed by atoms with Gasteiger partial charge in [0, 0.05) is 24.5 Å². The first-order valence-electron chi connectivity index (χ1n) is 11.5. The molecule has 11 heteroatoms. The summed E-state index contributed by atoms with van der Waals surface area (Å²) in [5.74, 6) is 0.235. The number of nitrogens with zero attached hydrogens (tertiary/aromatic N) is 6. The predicted octanol–water partition coefficient (Wildman–Crippen LogP) is 4.08. The lowest BCUT2D eigenvalue weighted by atomic mass is 10.1. The van der Waals surface area contributed by atoms with E-state index in [-0.39, 0.29) is 5.91 Å². The number of hydrogen-bond donors (Lipinski definition) is 3.